The molecule has 0 bridgehead atoms. The summed E-state index contributed by atoms with van der Waals surface area (Å²) < 4.78 is 4.16. The van der Waals surface area contributed by atoms with Crippen molar-refractivity contribution in [3.63, 3.8) is 0 Å². The summed E-state index contributed by atoms with van der Waals surface area (Å²) in [4.78, 5) is 13.0. The van der Waals surface area contributed by atoms with Gasteiger partial charge in [0.05, 0.1) is 18.6 Å². The summed E-state index contributed by atoms with van der Waals surface area (Å²) in [5.74, 6) is 0.884. The van der Waals surface area contributed by atoms with E-state index in [4.69, 9.17) is 0 Å². The lowest BCUT2D eigenvalue weighted by molar-refractivity contribution is 0.693. The highest BCUT2D eigenvalue weighted by molar-refractivity contribution is 7.98. The van der Waals surface area contributed by atoms with Crippen LogP contribution in [0.5, 0.6) is 0 Å². The lowest BCUT2D eigenvalue weighted by Crippen LogP contribution is -2.02. The third-order valence-electron chi connectivity index (χ3n) is 4.22. The SMILES string of the molecule is Cc1cc(-n2ccnc2)ccc1CSc1nccn1Cc1ccccn1. The van der Waals surface area contributed by atoms with Crippen LogP contribution in [0.3, 0.4) is 0 Å². The number of hydrogen-bond donors (Lipinski definition) is 0. The van der Waals surface area contributed by atoms with Crippen LogP contribution in [0, 0.1) is 6.92 Å². The van der Waals surface area contributed by atoms with E-state index >= 15 is 0 Å². The Bertz CT molecular complexity index is 977. The van der Waals surface area contributed by atoms with Crippen LogP contribution in [0.15, 0.2) is 78.9 Å². The molecule has 0 aliphatic rings. The first-order chi connectivity index (χ1) is 12.8. The maximum absolute atomic E-state index is 4.50. The van der Waals surface area contributed by atoms with Gasteiger partial charge in [-0.1, -0.05) is 23.9 Å². The fourth-order valence-electron chi connectivity index (χ4n) is 2.78. The molecule has 0 saturated carbocycles. The van der Waals surface area contributed by atoms with Crippen molar-refractivity contribution in [1.82, 2.24) is 24.1 Å². The highest BCUT2D eigenvalue weighted by atomic mass is 32.2. The summed E-state index contributed by atoms with van der Waals surface area (Å²) in [5, 5.41) is 1.01. The van der Waals surface area contributed by atoms with Crippen molar-refractivity contribution in [1.29, 1.82) is 0 Å². The predicted molar refractivity (Wildman–Crippen MR) is 103 cm³/mol. The van der Waals surface area contributed by atoms with Gasteiger partial charge in [-0.05, 0) is 42.3 Å². The van der Waals surface area contributed by atoms with Crippen LogP contribution in [-0.4, -0.2) is 24.1 Å². The zero-order chi connectivity index (χ0) is 17.8. The molecule has 0 unspecified atom stereocenters. The van der Waals surface area contributed by atoms with Crippen molar-refractivity contribution < 1.29 is 0 Å². The minimum atomic E-state index is 0.738. The Balaban J connectivity index is 1.46. The molecule has 4 rings (SSSR count). The van der Waals surface area contributed by atoms with Crippen LogP contribution in [0.2, 0.25) is 0 Å². The van der Waals surface area contributed by atoms with Crippen molar-refractivity contribution in [2.75, 3.05) is 0 Å². The van der Waals surface area contributed by atoms with Crippen LogP contribution >= 0.6 is 11.8 Å². The van der Waals surface area contributed by atoms with Gasteiger partial charge in [0, 0.05) is 42.4 Å². The van der Waals surface area contributed by atoms with Crippen LogP contribution < -0.4 is 0 Å². The molecule has 0 fully saturated rings. The van der Waals surface area contributed by atoms with E-state index in [1.54, 1.807) is 18.0 Å². The fourth-order valence-corrected chi connectivity index (χ4v) is 3.81. The van der Waals surface area contributed by atoms with Gasteiger partial charge in [0.15, 0.2) is 5.16 Å². The average Bonchev–Trinajstić information content (AvgIpc) is 3.34. The molecule has 3 heterocycles. The number of hydrogen-bond acceptors (Lipinski definition) is 4. The van der Waals surface area contributed by atoms with E-state index in [9.17, 15) is 0 Å². The smallest absolute Gasteiger partial charge is 0.168 e. The summed E-state index contributed by atoms with van der Waals surface area (Å²) in [7, 11) is 0. The molecular formula is C20H19N5S. The van der Waals surface area contributed by atoms with E-state index in [0.717, 1.165) is 28.8 Å². The lowest BCUT2D eigenvalue weighted by atomic mass is 10.1. The van der Waals surface area contributed by atoms with Crippen LogP contribution in [0.1, 0.15) is 16.8 Å². The Hall–Kier alpha value is -2.86. The summed E-state index contributed by atoms with van der Waals surface area (Å²) in [5.41, 5.74) is 4.75. The molecule has 0 aliphatic carbocycles. The Morgan fingerprint density at radius 2 is 1.96 bits per heavy atom. The number of imidazole rings is 2. The zero-order valence-electron chi connectivity index (χ0n) is 14.5. The van der Waals surface area contributed by atoms with Crippen molar-refractivity contribution >= 4 is 11.8 Å². The van der Waals surface area contributed by atoms with E-state index in [2.05, 4.69) is 44.6 Å². The van der Waals surface area contributed by atoms with E-state index in [0.29, 0.717) is 0 Å². The molecule has 0 atom stereocenters. The molecule has 0 saturated heterocycles. The molecule has 5 nitrogen and oxygen atoms in total. The predicted octanol–water partition coefficient (Wildman–Crippen LogP) is 4.11. The average molecular weight is 361 g/mol. The van der Waals surface area contributed by atoms with Gasteiger partial charge in [-0.15, -0.1) is 0 Å². The van der Waals surface area contributed by atoms with Gasteiger partial charge < -0.3 is 9.13 Å². The van der Waals surface area contributed by atoms with Gasteiger partial charge in [0.25, 0.3) is 0 Å². The molecule has 0 radical (unpaired) electrons. The third kappa shape index (κ3) is 3.70. The molecule has 4 aromatic rings. The van der Waals surface area contributed by atoms with Gasteiger partial charge >= 0.3 is 0 Å². The molecular weight excluding hydrogens is 342 g/mol. The minimum Gasteiger partial charge on any atom is -0.320 e. The Morgan fingerprint density at radius 3 is 2.73 bits per heavy atom. The zero-order valence-corrected chi connectivity index (χ0v) is 15.3. The van der Waals surface area contributed by atoms with E-state index < -0.39 is 0 Å². The first-order valence-corrected chi connectivity index (χ1v) is 9.40. The quantitative estimate of drug-likeness (QED) is 0.485. The number of benzene rings is 1. The molecule has 6 heteroatoms. The summed E-state index contributed by atoms with van der Waals surface area (Å²) in [6.45, 7) is 2.89. The molecule has 3 aromatic heterocycles. The maximum atomic E-state index is 4.50. The largest absolute Gasteiger partial charge is 0.320 e. The molecule has 1 aromatic carbocycles. The lowest BCUT2D eigenvalue weighted by Gasteiger charge is -2.10. The highest BCUT2D eigenvalue weighted by Crippen LogP contribution is 2.25. The maximum Gasteiger partial charge on any atom is 0.168 e. The van der Waals surface area contributed by atoms with Crippen molar-refractivity contribution in [2.45, 2.75) is 24.4 Å². The van der Waals surface area contributed by atoms with Crippen LogP contribution in [0.25, 0.3) is 5.69 Å². The fraction of sp³-hybridized carbons (Fsp3) is 0.150. The Kier molecular flexibility index (Phi) is 4.84. The normalized spacial score (nSPS) is 11.0. The number of aryl methyl sites for hydroxylation is 1. The van der Waals surface area contributed by atoms with Gasteiger partial charge in [-0.25, -0.2) is 9.97 Å². The number of aromatic nitrogens is 5. The summed E-state index contributed by atoms with van der Waals surface area (Å²) >= 11 is 1.75. The van der Waals surface area contributed by atoms with E-state index in [1.807, 2.05) is 53.9 Å². The first-order valence-electron chi connectivity index (χ1n) is 8.41. The molecule has 130 valence electrons. The summed E-state index contributed by atoms with van der Waals surface area (Å²) in [6, 6.07) is 12.5. The number of rotatable bonds is 6. The summed E-state index contributed by atoms with van der Waals surface area (Å²) in [6.07, 6.45) is 11.2. The second kappa shape index (κ2) is 7.58. The number of thioether (sulfide) groups is 1. The molecule has 0 spiro atoms. The number of pyridine rings is 1. The Labute approximate surface area is 156 Å². The van der Waals surface area contributed by atoms with Crippen LogP contribution in [0.4, 0.5) is 0 Å². The minimum absolute atomic E-state index is 0.738. The second-order valence-corrected chi connectivity index (χ2v) is 6.97. The topological polar surface area (TPSA) is 48.5 Å². The molecule has 0 N–H and O–H groups in total. The standard InChI is InChI=1S/C20H19N5S/c1-16-12-19(25-10-8-21-15-25)6-5-17(16)14-26-20-23-9-11-24(20)13-18-4-2-3-7-22-18/h2-12,15H,13-14H2,1H3. The van der Waals surface area contributed by atoms with E-state index in [-0.39, 0.29) is 0 Å². The Morgan fingerprint density at radius 1 is 1.00 bits per heavy atom. The monoisotopic (exact) mass is 361 g/mol. The van der Waals surface area contributed by atoms with Gasteiger partial charge in [0.2, 0.25) is 0 Å². The third-order valence-corrected chi connectivity index (χ3v) is 5.27. The second-order valence-electron chi connectivity index (χ2n) is 6.03. The van der Waals surface area contributed by atoms with Crippen molar-refractivity contribution in [3.8, 4) is 5.69 Å². The van der Waals surface area contributed by atoms with Crippen molar-refractivity contribution in [3.05, 3.63) is 90.5 Å². The molecule has 26 heavy (non-hydrogen) atoms. The molecule has 0 amide bonds. The first kappa shape index (κ1) is 16.6. The van der Waals surface area contributed by atoms with Gasteiger partial charge in [-0.2, -0.15) is 0 Å². The van der Waals surface area contributed by atoms with Gasteiger partial charge in [-0.3, -0.25) is 4.98 Å². The van der Waals surface area contributed by atoms with Crippen LogP contribution in [-0.2, 0) is 12.3 Å². The van der Waals surface area contributed by atoms with Crippen molar-refractivity contribution in [2.24, 2.45) is 0 Å². The van der Waals surface area contributed by atoms with Gasteiger partial charge in [0.1, 0.15) is 0 Å². The highest BCUT2D eigenvalue weighted by Gasteiger charge is 2.08. The number of nitrogens with zero attached hydrogens (tertiary/aromatic N) is 5. The molecule has 0 aliphatic heterocycles. The van der Waals surface area contributed by atoms with E-state index in [1.165, 1.54) is 11.1 Å².